The Morgan fingerprint density at radius 3 is 2.13 bits per heavy atom. The number of benzene rings is 3. The van der Waals surface area contributed by atoms with Crippen molar-refractivity contribution in [3.63, 3.8) is 0 Å². The Bertz CT molecular complexity index is 1250. The van der Waals surface area contributed by atoms with Crippen molar-refractivity contribution in [2.24, 2.45) is 20.5 Å². The summed E-state index contributed by atoms with van der Waals surface area (Å²) in [5.74, 6) is 0.336. The summed E-state index contributed by atoms with van der Waals surface area (Å²) < 4.78 is 36.8. The molecule has 0 amide bonds. The third kappa shape index (κ3) is 6.47. The first-order valence-electron chi connectivity index (χ1n) is 8.63. The third-order valence-corrected chi connectivity index (χ3v) is 4.84. The molecule has 0 aliphatic carbocycles. The molecule has 0 fully saturated rings. The summed E-state index contributed by atoms with van der Waals surface area (Å²) in [6, 6.07) is 15.0. The molecule has 0 unspecified atom stereocenters. The van der Waals surface area contributed by atoms with Crippen LogP contribution in [0.5, 0.6) is 11.5 Å². The van der Waals surface area contributed by atoms with Crippen LogP contribution in [-0.2, 0) is 10.1 Å². The van der Waals surface area contributed by atoms with E-state index in [9.17, 15) is 13.5 Å². The molecular weight excluding hydrogens is 415 g/mol. The van der Waals surface area contributed by atoms with Crippen LogP contribution in [0, 0.1) is 6.92 Å². The number of hydrogen-bond acceptors (Lipinski definition) is 8. The molecule has 0 spiro atoms. The predicted molar refractivity (Wildman–Crippen MR) is 108 cm³/mol. The van der Waals surface area contributed by atoms with E-state index in [4.69, 9.17) is 9.29 Å². The van der Waals surface area contributed by atoms with Gasteiger partial charge in [0.2, 0.25) is 0 Å². The van der Waals surface area contributed by atoms with E-state index in [0.29, 0.717) is 28.4 Å². The van der Waals surface area contributed by atoms with Crippen LogP contribution < -0.4 is 28.7 Å². The minimum Gasteiger partial charge on any atom is -0.872 e. The molecular formula is C20H17LiN4O5S. The monoisotopic (exact) mass is 432 g/mol. The van der Waals surface area contributed by atoms with Crippen molar-refractivity contribution in [1.29, 1.82) is 0 Å². The zero-order valence-electron chi connectivity index (χ0n) is 17.1. The number of aryl methyl sites for hydroxylation is 1. The molecule has 3 rings (SSSR count). The van der Waals surface area contributed by atoms with Crippen molar-refractivity contribution in [3.8, 4) is 11.5 Å². The van der Waals surface area contributed by atoms with E-state index in [2.05, 4.69) is 20.5 Å². The first-order valence-corrected chi connectivity index (χ1v) is 10.1. The van der Waals surface area contributed by atoms with E-state index in [1.165, 1.54) is 31.4 Å². The van der Waals surface area contributed by atoms with Crippen molar-refractivity contribution in [2.45, 2.75) is 11.8 Å². The number of hydrogen-bond donors (Lipinski definition) is 1. The molecule has 0 saturated carbocycles. The van der Waals surface area contributed by atoms with Crippen molar-refractivity contribution in [2.75, 3.05) is 7.11 Å². The van der Waals surface area contributed by atoms with Gasteiger partial charge in [0.1, 0.15) is 11.4 Å². The maximum absolute atomic E-state index is 11.5. The molecule has 3 aromatic rings. The molecule has 0 heterocycles. The first kappa shape index (κ1) is 24.2. The van der Waals surface area contributed by atoms with Crippen molar-refractivity contribution >= 4 is 32.9 Å². The van der Waals surface area contributed by atoms with Crippen LogP contribution in [0.25, 0.3) is 0 Å². The van der Waals surface area contributed by atoms with Crippen LogP contribution >= 0.6 is 0 Å². The quantitative estimate of drug-likeness (QED) is 0.362. The summed E-state index contributed by atoms with van der Waals surface area (Å²) in [5, 5.41) is 27.8. The average Bonchev–Trinajstić information content (AvgIpc) is 2.73. The number of ether oxygens (including phenoxy) is 1. The van der Waals surface area contributed by atoms with Gasteiger partial charge < -0.3 is 9.84 Å². The summed E-state index contributed by atoms with van der Waals surface area (Å²) >= 11 is 0. The van der Waals surface area contributed by atoms with Gasteiger partial charge in [0.05, 0.1) is 29.1 Å². The van der Waals surface area contributed by atoms with Gasteiger partial charge in [-0.2, -0.15) is 23.8 Å². The molecule has 0 aromatic heterocycles. The SMILES string of the molecule is COc1cc(N=Nc2cccc(S(=O)(=O)O)c2)ccc1N=Nc1ccc([O-])c(C)c1.[Li+]. The fourth-order valence-electron chi connectivity index (χ4n) is 2.44. The third-order valence-electron chi connectivity index (χ3n) is 3.99. The fourth-order valence-corrected chi connectivity index (χ4v) is 2.96. The summed E-state index contributed by atoms with van der Waals surface area (Å²) in [7, 11) is -2.85. The summed E-state index contributed by atoms with van der Waals surface area (Å²) in [5.41, 5.74) is 2.26. The molecule has 11 heteroatoms. The van der Waals surface area contributed by atoms with E-state index in [1.54, 1.807) is 43.3 Å². The molecule has 31 heavy (non-hydrogen) atoms. The van der Waals surface area contributed by atoms with E-state index < -0.39 is 10.1 Å². The molecule has 9 nitrogen and oxygen atoms in total. The summed E-state index contributed by atoms with van der Waals surface area (Å²) in [6.45, 7) is 1.70. The number of rotatable bonds is 6. The second-order valence-electron chi connectivity index (χ2n) is 6.18. The average molecular weight is 432 g/mol. The number of methoxy groups -OCH3 is 1. The minimum absolute atomic E-state index is 0. The first-order chi connectivity index (χ1) is 14.3. The Labute approximate surface area is 191 Å². The maximum atomic E-state index is 11.5. The molecule has 0 bridgehead atoms. The van der Waals surface area contributed by atoms with Gasteiger partial charge in [0.25, 0.3) is 10.1 Å². The Morgan fingerprint density at radius 2 is 1.48 bits per heavy atom. The number of azo groups is 2. The van der Waals surface area contributed by atoms with Gasteiger partial charge >= 0.3 is 18.9 Å². The fraction of sp³-hybridized carbons (Fsp3) is 0.100. The molecule has 0 radical (unpaired) electrons. The van der Waals surface area contributed by atoms with Gasteiger partial charge in [-0.25, -0.2) is 0 Å². The van der Waals surface area contributed by atoms with Gasteiger partial charge in [0.15, 0.2) is 0 Å². The summed E-state index contributed by atoms with van der Waals surface area (Å²) in [4.78, 5) is -0.271. The van der Waals surface area contributed by atoms with Crippen LogP contribution in [0.1, 0.15) is 5.56 Å². The van der Waals surface area contributed by atoms with Gasteiger partial charge in [-0.1, -0.05) is 17.7 Å². The largest absolute Gasteiger partial charge is 1.00 e. The van der Waals surface area contributed by atoms with Crippen molar-refractivity contribution in [1.82, 2.24) is 0 Å². The maximum Gasteiger partial charge on any atom is 1.00 e. The molecule has 1 N–H and O–H groups in total. The standard InChI is InChI=1S/C20H18N4O5S.Li/c1-13-10-15(7-9-19(13)25)23-24-18-8-6-16(12-20(18)29-2)22-21-14-4-3-5-17(11-14)30(26,27)28;/h3-12,25H,1-2H3,(H,26,27,28);/q;+1/p-1. The molecule has 0 aliphatic heterocycles. The van der Waals surface area contributed by atoms with E-state index in [0.717, 1.165) is 0 Å². The van der Waals surface area contributed by atoms with Crippen LogP contribution in [0.2, 0.25) is 0 Å². The molecule has 0 atom stereocenters. The van der Waals surface area contributed by atoms with Crippen molar-refractivity contribution in [3.05, 3.63) is 66.2 Å². The van der Waals surface area contributed by atoms with Gasteiger partial charge in [-0.15, -0.1) is 10.9 Å². The zero-order chi connectivity index (χ0) is 21.7. The number of nitrogens with zero attached hydrogens (tertiary/aromatic N) is 4. The molecule has 3 aromatic carbocycles. The Hall–Kier alpha value is -3.03. The minimum atomic E-state index is -4.32. The molecule has 0 saturated heterocycles. The van der Waals surface area contributed by atoms with E-state index in [1.807, 2.05) is 0 Å². The van der Waals surface area contributed by atoms with Gasteiger partial charge in [0, 0.05) is 6.07 Å². The Balaban J connectivity index is 0.00000341. The normalized spacial score (nSPS) is 11.6. The molecule has 0 aliphatic rings. The van der Waals surface area contributed by atoms with Crippen LogP contribution in [-0.4, -0.2) is 20.1 Å². The van der Waals surface area contributed by atoms with Crippen molar-refractivity contribution < 1.29 is 41.7 Å². The Kier molecular flexibility index (Phi) is 8.07. The second kappa shape index (κ2) is 10.3. The Morgan fingerprint density at radius 1 is 0.871 bits per heavy atom. The topological polar surface area (TPSA) is 136 Å². The smallest absolute Gasteiger partial charge is 0.872 e. The van der Waals surface area contributed by atoms with Gasteiger partial charge in [-0.3, -0.25) is 4.55 Å². The van der Waals surface area contributed by atoms with Crippen LogP contribution in [0.3, 0.4) is 0 Å². The van der Waals surface area contributed by atoms with Crippen LogP contribution in [0.4, 0.5) is 22.7 Å². The predicted octanol–water partition coefficient (Wildman–Crippen LogP) is 2.16. The zero-order valence-corrected chi connectivity index (χ0v) is 17.9. The second-order valence-corrected chi connectivity index (χ2v) is 7.60. The summed E-state index contributed by atoms with van der Waals surface area (Å²) in [6.07, 6.45) is 0. The van der Waals surface area contributed by atoms with Gasteiger partial charge in [-0.05, 0) is 49.4 Å². The van der Waals surface area contributed by atoms with E-state index in [-0.39, 0.29) is 35.2 Å². The molecule has 154 valence electrons. The van der Waals surface area contributed by atoms with Crippen LogP contribution in [0.15, 0.2) is 86.0 Å². The van der Waals surface area contributed by atoms with E-state index >= 15 is 0 Å².